The van der Waals surface area contributed by atoms with Gasteiger partial charge in [0, 0.05) is 56.6 Å². The number of anilines is 1. The predicted molar refractivity (Wildman–Crippen MR) is 179 cm³/mol. The minimum atomic E-state index is -0.471. The average Bonchev–Trinajstić information content (AvgIpc) is 3.47. The van der Waals surface area contributed by atoms with Crippen LogP contribution in [0.5, 0.6) is 11.5 Å². The fourth-order valence-corrected chi connectivity index (χ4v) is 6.46. The molecule has 0 unspecified atom stereocenters. The van der Waals surface area contributed by atoms with Crippen LogP contribution in [0.25, 0.3) is 11.0 Å². The van der Waals surface area contributed by atoms with Crippen LogP contribution in [0.3, 0.4) is 0 Å². The van der Waals surface area contributed by atoms with Crippen molar-refractivity contribution in [2.75, 3.05) is 38.0 Å². The van der Waals surface area contributed by atoms with E-state index in [0.717, 1.165) is 58.4 Å². The molecule has 242 valence electrons. The van der Waals surface area contributed by atoms with Gasteiger partial charge >= 0.3 is 6.09 Å². The summed E-state index contributed by atoms with van der Waals surface area (Å²) >= 11 is 6.60. The van der Waals surface area contributed by atoms with Crippen LogP contribution in [0.15, 0.2) is 61.1 Å². The van der Waals surface area contributed by atoms with Gasteiger partial charge in [0.15, 0.2) is 5.78 Å². The quantitative estimate of drug-likeness (QED) is 0.194. The van der Waals surface area contributed by atoms with Gasteiger partial charge < -0.3 is 29.6 Å². The van der Waals surface area contributed by atoms with Crippen molar-refractivity contribution in [2.45, 2.75) is 58.1 Å². The molecular formula is C35H41ClN6O4. The number of nitrogens with one attached hydrogen (secondary N) is 2. The summed E-state index contributed by atoms with van der Waals surface area (Å²) in [5.41, 5.74) is 0.965. The van der Waals surface area contributed by atoms with Crippen molar-refractivity contribution in [1.29, 1.82) is 0 Å². The Labute approximate surface area is 274 Å². The summed E-state index contributed by atoms with van der Waals surface area (Å²) < 4.78 is 11.4. The standard InChI is InChI=1S/C35H41ClN6O4/c1-35(2,3)46-34(44)42-17-11-23(12-18-42)21-41-15-13-24(14-16-41)40-33-30-28(20-37-32(30)38-22-39-33)31(43)27-10-9-26(19-29(27)36)45-25-7-5-4-6-8-25/h4-10,19-20,22-24H,11-18,21H2,1-3H3,(H2,37,38,39,40). The number of amides is 1. The van der Waals surface area contributed by atoms with Crippen LogP contribution >= 0.6 is 11.6 Å². The van der Waals surface area contributed by atoms with Gasteiger partial charge in [-0.05, 0) is 76.6 Å². The summed E-state index contributed by atoms with van der Waals surface area (Å²) in [5.74, 6) is 2.24. The number of para-hydroxylation sites is 1. The number of carbonyl (C=O) groups excluding carboxylic acids is 2. The average molecular weight is 645 g/mol. The summed E-state index contributed by atoms with van der Waals surface area (Å²) in [6.45, 7) is 10.2. The van der Waals surface area contributed by atoms with E-state index in [0.29, 0.717) is 50.4 Å². The smallest absolute Gasteiger partial charge is 0.410 e. The van der Waals surface area contributed by atoms with Crippen molar-refractivity contribution < 1.29 is 19.1 Å². The molecule has 2 saturated heterocycles. The molecule has 0 atom stereocenters. The highest BCUT2D eigenvalue weighted by Crippen LogP contribution is 2.32. The fraction of sp³-hybridized carbons (Fsp3) is 0.429. The molecule has 2 aliphatic rings. The second-order valence-electron chi connectivity index (χ2n) is 13.2. The number of nitrogens with zero attached hydrogens (tertiary/aromatic N) is 4. The summed E-state index contributed by atoms with van der Waals surface area (Å²) in [6.07, 6.45) is 6.89. The van der Waals surface area contributed by atoms with Crippen molar-refractivity contribution in [1.82, 2.24) is 24.8 Å². The Hall–Kier alpha value is -4.15. The third-order valence-corrected chi connectivity index (χ3v) is 8.90. The lowest BCUT2D eigenvalue weighted by atomic mass is 9.95. The summed E-state index contributed by atoms with van der Waals surface area (Å²) in [5, 5.41) is 4.57. The van der Waals surface area contributed by atoms with E-state index in [2.05, 4.69) is 25.2 Å². The Morgan fingerprint density at radius 3 is 2.39 bits per heavy atom. The van der Waals surface area contributed by atoms with Gasteiger partial charge in [-0.25, -0.2) is 14.8 Å². The molecule has 2 fully saturated rings. The predicted octanol–water partition coefficient (Wildman–Crippen LogP) is 7.16. The van der Waals surface area contributed by atoms with Crippen molar-refractivity contribution in [3.8, 4) is 11.5 Å². The summed E-state index contributed by atoms with van der Waals surface area (Å²) in [4.78, 5) is 42.6. The van der Waals surface area contributed by atoms with Crippen molar-refractivity contribution in [2.24, 2.45) is 5.92 Å². The molecule has 0 aliphatic carbocycles. The molecule has 0 radical (unpaired) electrons. The number of H-pyrrole nitrogens is 1. The van der Waals surface area contributed by atoms with Gasteiger partial charge in [-0.1, -0.05) is 29.8 Å². The Morgan fingerprint density at radius 2 is 1.70 bits per heavy atom. The Bertz CT molecular complexity index is 1670. The first-order valence-electron chi connectivity index (χ1n) is 16.0. The van der Waals surface area contributed by atoms with Gasteiger partial charge in [0.1, 0.15) is 34.9 Å². The maximum absolute atomic E-state index is 13.7. The van der Waals surface area contributed by atoms with E-state index in [1.807, 2.05) is 56.0 Å². The molecule has 1 amide bonds. The number of halogens is 1. The third kappa shape index (κ3) is 7.62. The monoisotopic (exact) mass is 644 g/mol. The number of rotatable bonds is 8. The highest BCUT2D eigenvalue weighted by Gasteiger charge is 2.29. The molecule has 10 nitrogen and oxygen atoms in total. The molecule has 0 spiro atoms. The lowest BCUT2D eigenvalue weighted by Gasteiger charge is -2.38. The number of hydrogen-bond donors (Lipinski definition) is 2. The lowest BCUT2D eigenvalue weighted by molar-refractivity contribution is 0.0166. The number of likely N-dealkylation sites (tertiary alicyclic amines) is 2. The van der Waals surface area contributed by atoms with Crippen LogP contribution in [0, 0.1) is 5.92 Å². The number of piperidine rings is 2. The molecule has 46 heavy (non-hydrogen) atoms. The molecule has 2 aromatic heterocycles. The first kappa shape index (κ1) is 31.8. The van der Waals surface area contributed by atoms with E-state index in [-0.39, 0.29) is 17.9 Å². The second kappa shape index (κ2) is 13.7. The van der Waals surface area contributed by atoms with Crippen LogP contribution in [0.1, 0.15) is 62.4 Å². The van der Waals surface area contributed by atoms with E-state index in [4.69, 9.17) is 21.1 Å². The Morgan fingerprint density at radius 1 is 0.957 bits per heavy atom. The number of hydrogen-bond acceptors (Lipinski definition) is 8. The van der Waals surface area contributed by atoms with E-state index < -0.39 is 5.60 Å². The van der Waals surface area contributed by atoms with E-state index >= 15 is 0 Å². The van der Waals surface area contributed by atoms with Crippen LogP contribution in [0.2, 0.25) is 5.02 Å². The third-order valence-electron chi connectivity index (χ3n) is 8.59. The van der Waals surface area contributed by atoms with Crippen LogP contribution in [-0.2, 0) is 4.74 Å². The molecule has 6 rings (SSSR count). The Kier molecular flexibility index (Phi) is 9.47. The maximum atomic E-state index is 13.7. The van der Waals surface area contributed by atoms with Gasteiger partial charge in [-0.3, -0.25) is 4.79 Å². The zero-order chi connectivity index (χ0) is 32.3. The number of fused-ring (bicyclic) bond motifs is 1. The molecule has 0 bridgehead atoms. The first-order chi connectivity index (χ1) is 22.1. The number of aromatic amines is 1. The molecule has 2 aliphatic heterocycles. The zero-order valence-electron chi connectivity index (χ0n) is 26.6. The SMILES string of the molecule is CC(C)(C)OC(=O)N1CCC(CN2CCC(Nc3ncnc4[nH]cc(C(=O)c5ccc(Oc6ccccc6)cc5Cl)c34)CC2)CC1. The van der Waals surface area contributed by atoms with E-state index in [9.17, 15) is 9.59 Å². The largest absolute Gasteiger partial charge is 0.457 e. The normalized spacial score (nSPS) is 16.8. The summed E-state index contributed by atoms with van der Waals surface area (Å²) in [6, 6.07) is 14.7. The first-order valence-corrected chi connectivity index (χ1v) is 16.4. The van der Waals surface area contributed by atoms with Crippen molar-refractivity contribution in [3.05, 3.63) is 77.2 Å². The lowest BCUT2D eigenvalue weighted by Crippen LogP contribution is -2.45. The number of ketones is 1. The highest BCUT2D eigenvalue weighted by atomic mass is 35.5. The van der Waals surface area contributed by atoms with Gasteiger partial charge in [-0.2, -0.15) is 0 Å². The van der Waals surface area contributed by atoms with Crippen molar-refractivity contribution in [3.63, 3.8) is 0 Å². The number of aromatic nitrogens is 3. The van der Waals surface area contributed by atoms with Crippen LogP contribution < -0.4 is 10.1 Å². The zero-order valence-corrected chi connectivity index (χ0v) is 27.3. The van der Waals surface area contributed by atoms with Gasteiger partial charge in [0.2, 0.25) is 0 Å². The van der Waals surface area contributed by atoms with Crippen LogP contribution in [0.4, 0.5) is 10.6 Å². The second-order valence-corrected chi connectivity index (χ2v) is 13.6. The molecule has 11 heteroatoms. The number of carbonyl (C=O) groups is 2. The topological polar surface area (TPSA) is 113 Å². The molecule has 0 saturated carbocycles. The van der Waals surface area contributed by atoms with Crippen LogP contribution in [-0.4, -0.2) is 81.0 Å². The molecule has 4 heterocycles. The fourth-order valence-electron chi connectivity index (χ4n) is 6.21. The molecular weight excluding hydrogens is 604 g/mol. The van der Waals surface area contributed by atoms with Gasteiger partial charge in [-0.15, -0.1) is 0 Å². The van der Waals surface area contributed by atoms with Gasteiger partial charge in [0.05, 0.1) is 16.0 Å². The minimum absolute atomic E-state index is 0.210. The summed E-state index contributed by atoms with van der Waals surface area (Å²) in [7, 11) is 0. The molecule has 4 aromatic rings. The van der Waals surface area contributed by atoms with E-state index in [1.165, 1.54) is 6.33 Å². The highest BCUT2D eigenvalue weighted by molar-refractivity contribution is 6.35. The molecule has 2 N–H and O–H groups in total. The molecule has 2 aromatic carbocycles. The van der Waals surface area contributed by atoms with E-state index in [1.54, 1.807) is 24.4 Å². The number of ether oxygens (including phenoxy) is 2. The Balaban J connectivity index is 1.05. The maximum Gasteiger partial charge on any atom is 0.410 e. The van der Waals surface area contributed by atoms with Crippen molar-refractivity contribution >= 4 is 40.3 Å². The number of benzene rings is 2. The minimum Gasteiger partial charge on any atom is -0.457 e. The van der Waals surface area contributed by atoms with Gasteiger partial charge in [0.25, 0.3) is 0 Å².